The quantitative estimate of drug-likeness (QED) is 0.389. The van der Waals surface area contributed by atoms with Gasteiger partial charge in [0.05, 0.1) is 11.4 Å². The molecule has 0 unspecified atom stereocenters. The van der Waals surface area contributed by atoms with E-state index in [4.69, 9.17) is 0 Å². The molecule has 6 heteroatoms. The van der Waals surface area contributed by atoms with Crippen LogP contribution in [-0.2, 0) is 0 Å². The van der Waals surface area contributed by atoms with Crippen LogP contribution in [0.5, 0.6) is 0 Å². The van der Waals surface area contributed by atoms with Gasteiger partial charge in [0.15, 0.2) is 11.6 Å². The van der Waals surface area contributed by atoms with Crippen molar-refractivity contribution in [2.24, 2.45) is 10.9 Å². The number of rotatable bonds is 8. The summed E-state index contributed by atoms with van der Waals surface area (Å²) in [6.45, 7) is 11.7. The van der Waals surface area contributed by atoms with Gasteiger partial charge >= 0.3 is 0 Å². The van der Waals surface area contributed by atoms with Gasteiger partial charge in [-0.15, -0.1) is 0 Å². The molecule has 0 bridgehead atoms. The zero-order valence-electron chi connectivity index (χ0n) is 21.1. The maximum absolute atomic E-state index is 14.2. The Morgan fingerprint density at radius 3 is 2.40 bits per heavy atom. The summed E-state index contributed by atoms with van der Waals surface area (Å²) in [6.07, 6.45) is 7.69. The minimum absolute atomic E-state index is 0.0448. The molecule has 0 aliphatic heterocycles. The monoisotopic (exact) mass is 479 g/mol. The number of carbonyl (C=O) groups excluding carboxylic acids is 1. The molecule has 0 atom stereocenters. The summed E-state index contributed by atoms with van der Waals surface area (Å²) in [6, 6.07) is 8.65. The molecule has 1 aliphatic rings. The Kier molecular flexibility index (Phi) is 8.96. The number of hydrogen-bond donors (Lipinski definition) is 2. The van der Waals surface area contributed by atoms with Crippen LogP contribution in [0.2, 0.25) is 0 Å². The van der Waals surface area contributed by atoms with Gasteiger partial charge in [-0.25, -0.2) is 8.78 Å². The maximum atomic E-state index is 14.2. The summed E-state index contributed by atoms with van der Waals surface area (Å²) in [5.74, 6) is -1.18. The highest BCUT2D eigenvalue weighted by atomic mass is 19.2. The third kappa shape index (κ3) is 6.87. The van der Waals surface area contributed by atoms with Crippen molar-refractivity contribution in [3.05, 3.63) is 82.7 Å². The molecule has 3 rings (SSSR count). The first-order valence-electron chi connectivity index (χ1n) is 12.2. The molecule has 0 aromatic heterocycles. The van der Waals surface area contributed by atoms with Gasteiger partial charge in [0, 0.05) is 29.6 Å². The van der Waals surface area contributed by atoms with Crippen LogP contribution in [-0.4, -0.2) is 18.2 Å². The van der Waals surface area contributed by atoms with E-state index in [1.165, 1.54) is 45.2 Å². The molecule has 4 nitrogen and oxygen atoms in total. The fourth-order valence-corrected chi connectivity index (χ4v) is 4.28. The van der Waals surface area contributed by atoms with E-state index in [0.717, 1.165) is 17.8 Å². The molecule has 0 heterocycles. The third-order valence-corrected chi connectivity index (χ3v) is 6.63. The lowest BCUT2D eigenvalue weighted by Gasteiger charge is -2.22. The molecule has 35 heavy (non-hydrogen) atoms. The molecule has 2 N–H and O–H groups in total. The van der Waals surface area contributed by atoms with Gasteiger partial charge in [0.2, 0.25) is 0 Å². The van der Waals surface area contributed by atoms with E-state index >= 15 is 0 Å². The largest absolute Gasteiger partial charge is 0.355 e. The second-order valence-electron chi connectivity index (χ2n) is 9.43. The number of nitrogens with one attached hydrogen (secondary N) is 2. The van der Waals surface area contributed by atoms with Crippen molar-refractivity contribution in [2.75, 3.05) is 11.9 Å². The van der Waals surface area contributed by atoms with Crippen LogP contribution in [0.3, 0.4) is 0 Å². The van der Waals surface area contributed by atoms with Gasteiger partial charge in [-0.2, -0.15) is 0 Å². The van der Waals surface area contributed by atoms with Gasteiger partial charge in [0.25, 0.3) is 5.91 Å². The zero-order chi connectivity index (χ0) is 25.5. The van der Waals surface area contributed by atoms with Crippen LogP contribution in [0.15, 0.2) is 53.8 Å². The lowest BCUT2D eigenvalue weighted by Crippen LogP contribution is -2.30. The molecule has 2 aromatic carbocycles. The standard InChI is InChI=1S/C29H35F2N3O/c1-18-11-13-25(28(31)27(18)30)20(3)16-32-21(4)22(5)34-24-12-14-26(19(2)15-24)29(35)33-17-23-9-7-6-8-10-23/h11-16,23,34H,5-10,17H2,1-4H3,(H,33,35)/b20-16+,32-21?. The second-order valence-corrected chi connectivity index (χ2v) is 9.43. The van der Waals surface area contributed by atoms with Crippen LogP contribution in [0, 0.1) is 31.4 Å². The fourth-order valence-electron chi connectivity index (χ4n) is 4.28. The number of halogens is 2. The Labute approximate surface area is 207 Å². The average Bonchev–Trinajstić information content (AvgIpc) is 2.85. The van der Waals surface area contributed by atoms with E-state index < -0.39 is 11.6 Å². The van der Waals surface area contributed by atoms with E-state index in [-0.39, 0.29) is 17.0 Å². The lowest BCUT2D eigenvalue weighted by molar-refractivity contribution is 0.0943. The van der Waals surface area contributed by atoms with Gasteiger partial charge in [-0.05, 0) is 81.4 Å². The molecule has 0 radical (unpaired) electrons. The van der Waals surface area contributed by atoms with Crippen molar-refractivity contribution >= 4 is 22.9 Å². The van der Waals surface area contributed by atoms with Crippen LogP contribution < -0.4 is 10.6 Å². The predicted octanol–water partition coefficient (Wildman–Crippen LogP) is 7.34. The second kappa shape index (κ2) is 11.9. The molecule has 0 saturated heterocycles. The number of carbonyl (C=O) groups is 1. The Hall–Kier alpha value is -3.28. The number of aliphatic imine (C=N–C) groups is 1. The highest BCUT2D eigenvalue weighted by Crippen LogP contribution is 2.24. The summed E-state index contributed by atoms with van der Waals surface area (Å²) < 4.78 is 28.1. The molecule has 1 fully saturated rings. The van der Waals surface area contributed by atoms with Gasteiger partial charge in [0.1, 0.15) is 0 Å². The van der Waals surface area contributed by atoms with E-state index in [9.17, 15) is 13.6 Å². The van der Waals surface area contributed by atoms with Crippen molar-refractivity contribution in [1.29, 1.82) is 0 Å². The summed E-state index contributed by atoms with van der Waals surface area (Å²) >= 11 is 0. The number of hydrogen-bond acceptors (Lipinski definition) is 3. The normalized spacial score (nSPS) is 15.1. The number of anilines is 1. The topological polar surface area (TPSA) is 53.5 Å². The number of aryl methyl sites for hydroxylation is 2. The van der Waals surface area contributed by atoms with Crippen molar-refractivity contribution in [3.8, 4) is 0 Å². The highest BCUT2D eigenvalue weighted by molar-refractivity contribution is 6.01. The number of benzene rings is 2. The molecular formula is C29H35F2N3O. The highest BCUT2D eigenvalue weighted by Gasteiger charge is 2.16. The summed E-state index contributed by atoms with van der Waals surface area (Å²) in [7, 11) is 0. The summed E-state index contributed by atoms with van der Waals surface area (Å²) in [5, 5.41) is 6.29. The van der Waals surface area contributed by atoms with Crippen molar-refractivity contribution in [3.63, 3.8) is 0 Å². The van der Waals surface area contributed by atoms with E-state index in [1.54, 1.807) is 26.0 Å². The van der Waals surface area contributed by atoms with Crippen molar-refractivity contribution in [1.82, 2.24) is 5.32 Å². The van der Waals surface area contributed by atoms with Gasteiger partial charge in [-0.1, -0.05) is 38.0 Å². The van der Waals surface area contributed by atoms with Crippen LogP contribution >= 0.6 is 0 Å². The zero-order valence-corrected chi connectivity index (χ0v) is 21.1. The average molecular weight is 480 g/mol. The molecule has 0 spiro atoms. The Bertz CT molecular complexity index is 1160. The number of allylic oxidation sites excluding steroid dienone is 2. The third-order valence-electron chi connectivity index (χ3n) is 6.63. The van der Waals surface area contributed by atoms with E-state index in [0.29, 0.717) is 28.5 Å². The van der Waals surface area contributed by atoms with Gasteiger partial charge < -0.3 is 10.6 Å². The molecular weight excluding hydrogens is 444 g/mol. The summed E-state index contributed by atoms with van der Waals surface area (Å²) in [4.78, 5) is 17.0. The minimum atomic E-state index is -0.873. The molecule has 186 valence electrons. The Morgan fingerprint density at radius 2 is 1.71 bits per heavy atom. The Morgan fingerprint density at radius 1 is 1.03 bits per heavy atom. The van der Waals surface area contributed by atoms with E-state index in [1.807, 2.05) is 25.1 Å². The van der Waals surface area contributed by atoms with Crippen LogP contribution in [0.4, 0.5) is 14.5 Å². The van der Waals surface area contributed by atoms with Crippen LogP contribution in [0.25, 0.3) is 5.57 Å². The SMILES string of the molecule is C=C(Nc1ccc(C(=O)NCC2CCCCC2)c(C)c1)C(C)=N/C=C(\C)c1ccc(C)c(F)c1F. The first-order chi connectivity index (χ1) is 16.7. The van der Waals surface area contributed by atoms with Crippen molar-refractivity contribution in [2.45, 2.75) is 59.8 Å². The first-order valence-corrected chi connectivity index (χ1v) is 12.2. The van der Waals surface area contributed by atoms with Gasteiger partial charge in [-0.3, -0.25) is 9.79 Å². The Balaban J connectivity index is 1.62. The predicted molar refractivity (Wildman–Crippen MR) is 141 cm³/mol. The molecule has 1 amide bonds. The smallest absolute Gasteiger partial charge is 0.251 e. The van der Waals surface area contributed by atoms with E-state index in [2.05, 4.69) is 22.2 Å². The maximum Gasteiger partial charge on any atom is 0.251 e. The van der Waals surface area contributed by atoms with Crippen LogP contribution in [0.1, 0.15) is 73.0 Å². The lowest BCUT2D eigenvalue weighted by atomic mass is 9.89. The molecule has 1 saturated carbocycles. The molecule has 1 aliphatic carbocycles. The number of nitrogens with zero attached hydrogens (tertiary/aromatic N) is 1. The number of amides is 1. The molecule has 2 aromatic rings. The van der Waals surface area contributed by atoms with Crippen molar-refractivity contribution < 1.29 is 13.6 Å². The summed E-state index contributed by atoms with van der Waals surface area (Å²) in [5.41, 5.74) is 4.43. The minimum Gasteiger partial charge on any atom is -0.355 e. The first kappa shape index (κ1) is 26.3. The fraction of sp³-hybridized carbons (Fsp3) is 0.379.